The van der Waals surface area contributed by atoms with Crippen LogP contribution in [0, 0.1) is 23.7 Å². The van der Waals surface area contributed by atoms with Crippen molar-refractivity contribution in [2.24, 2.45) is 23.7 Å². The SMILES string of the molecule is C[C@@H]1CC[C@@H]([C@@H](C)CO)C2=CO[C@@](C)(OO)CCC21. The van der Waals surface area contributed by atoms with Crippen LogP contribution in [0.15, 0.2) is 11.8 Å². The largest absolute Gasteiger partial charge is 0.468 e. The van der Waals surface area contributed by atoms with E-state index in [4.69, 9.17) is 9.99 Å². The Morgan fingerprint density at radius 3 is 2.84 bits per heavy atom. The van der Waals surface area contributed by atoms with Crippen LogP contribution in [0.3, 0.4) is 0 Å². The van der Waals surface area contributed by atoms with E-state index in [1.807, 2.05) is 0 Å². The number of fused-ring (bicyclic) bond motifs is 1. The topological polar surface area (TPSA) is 58.9 Å². The molecule has 0 saturated heterocycles. The minimum absolute atomic E-state index is 0.205. The monoisotopic (exact) mass is 270 g/mol. The van der Waals surface area contributed by atoms with E-state index >= 15 is 0 Å². The van der Waals surface area contributed by atoms with Crippen LogP contribution in [0.25, 0.3) is 0 Å². The standard InChI is InChI=1S/C15H26O4/c1-10-4-5-12(11(2)8-16)14-9-18-15(3,19-17)7-6-13(10)14/h9-13,16-17H,4-8H2,1-3H3/t10-,11+,12+,13?,15+/m1/s1. The zero-order valence-corrected chi connectivity index (χ0v) is 12.1. The summed E-state index contributed by atoms with van der Waals surface area (Å²) in [6.45, 7) is 6.33. The van der Waals surface area contributed by atoms with Crippen LogP contribution >= 0.6 is 0 Å². The average molecular weight is 270 g/mol. The molecule has 1 saturated carbocycles. The molecule has 0 aromatic carbocycles. The van der Waals surface area contributed by atoms with E-state index in [1.165, 1.54) is 12.0 Å². The maximum Gasteiger partial charge on any atom is 0.237 e. The molecule has 19 heavy (non-hydrogen) atoms. The predicted molar refractivity (Wildman–Crippen MR) is 72.1 cm³/mol. The molecule has 5 atom stereocenters. The molecule has 0 radical (unpaired) electrons. The first-order valence-corrected chi connectivity index (χ1v) is 7.32. The van der Waals surface area contributed by atoms with E-state index < -0.39 is 5.79 Å². The number of aliphatic hydroxyl groups is 1. The molecule has 4 nitrogen and oxygen atoms in total. The summed E-state index contributed by atoms with van der Waals surface area (Å²) in [7, 11) is 0. The fourth-order valence-electron chi connectivity index (χ4n) is 3.52. The van der Waals surface area contributed by atoms with Gasteiger partial charge in [-0.1, -0.05) is 13.8 Å². The molecule has 0 amide bonds. The smallest absolute Gasteiger partial charge is 0.237 e. The Morgan fingerprint density at radius 1 is 1.47 bits per heavy atom. The quantitative estimate of drug-likeness (QED) is 0.611. The molecule has 2 rings (SSSR count). The van der Waals surface area contributed by atoms with Crippen molar-refractivity contribution >= 4 is 0 Å². The summed E-state index contributed by atoms with van der Waals surface area (Å²) >= 11 is 0. The van der Waals surface area contributed by atoms with E-state index in [9.17, 15) is 5.11 Å². The van der Waals surface area contributed by atoms with E-state index in [-0.39, 0.29) is 12.5 Å². The van der Waals surface area contributed by atoms with Gasteiger partial charge in [-0.15, -0.1) is 0 Å². The molecular formula is C15H26O4. The molecule has 0 bridgehead atoms. The maximum atomic E-state index is 9.43. The highest BCUT2D eigenvalue weighted by atomic mass is 17.1. The summed E-state index contributed by atoms with van der Waals surface area (Å²) in [6.07, 6.45) is 5.72. The van der Waals surface area contributed by atoms with Crippen molar-refractivity contribution in [3.05, 3.63) is 11.8 Å². The van der Waals surface area contributed by atoms with Gasteiger partial charge in [0.05, 0.1) is 6.26 Å². The minimum Gasteiger partial charge on any atom is -0.468 e. The first-order valence-electron chi connectivity index (χ1n) is 7.32. The number of hydrogen-bond acceptors (Lipinski definition) is 4. The lowest BCUT2D eigenvalue weighted by atomic mass is 9.66. The second-order valence-corrected chi connectivity index (χ2v) is 6.43. The summed E-state index contributed by atoms with van der Waals surface area (Å²) in [5.41, 5.74) is 1.29. The number of aliphatic hydroxyl groups excluding tert-OH is 1. The zero-order chi connectivity index (χ0) is 14.0. The third-order valence-corrected chi connectivity index (χ3v) is 5.00. The van der Waals surface area contributed by atoms with Gasteiger partial charge in [-0.05, 0) is 48.5 Å². The summed E-state index contributed by atoms with van der Waals surface area (Å²) in [5, 5.41) is 18.4. The molecule has 1 unspecified atom stereocenters. The van der Waals surface area contributed by atoms with Gasteiger partial charge in [0.1, 0.15) is 0 Å². The van der Waals surface area contributed by atoms with Crippen LogP contribution in [0.1, 0.15) is 46.5 Å². The van der Waals surface area contributed by atoms with Gasteiger partial charge >= 0.3 is 0 Å². The Kier molecular flexibility index (Phi) is 4.54. The summed E-state index contributed by atoms with van der Waals surface area (Å²) in [4.78, 5) is 4.51. The van der Waals surface area contributed by atoms with Gasteiger partial charge in [0.25, 0.3) is 0 Å². The van der Waals surface area contributed by atoms with E-state index in [1.54, 1.807) is 13.2 Å². The summed E-state index contributed by atoms with van der Waals surface area (Å²) in [6, 6.07) is 0. The van der Waals surface area contributed by atoms with Crippen molar-refractivity contribution in [3.8, 4) is 0 Å². The summed E-state index contributed by atoms with van der Waals surface area (Å²) < 4.78 is 5.67. The van der Waals surface area contributed by atoms with Crippen LogP contribution in [0.2, 0.25) is 0 Å². The van der Waals surface area contributed by atoms with E-state index in [0.717, 1.165) is 12.8 Å². The number of allylic oxidation sites excluding steroid dienone is 1. The first-order chi connectivity index (χ1) is 9.00. The van der Waals surface area contributed by atoms with Crippen molar-refractivity contribution in [2.45, 2.75) is 52.2 Å². The van der Waals surface area contributed by atoms with Crippen molar-refractivity contribution in [1.29, 1.82) is 0 Å². The molecule has 1 aliphatic carbocycles. The van der Waals surface area contributed by atoms with Crippen molar-refractivity contribution in [1.82, 2.24) is 0 Å². The van der Waals surface area contributed by atoms with Crippen LogP contribution in [-0.2, 0) is 9.62 Å². The predicted octanol–water partition coefficient (Wildman–Crippen LogP) is 3.18. The van der Waals surface area contributed by atoms with Gasteiger partial charge < -0.3 is 9.84 Å². The highest BCUT2D eigenvalue weighted by Crippen LogP contribution is 2.46. The van der Waals surface area contributed by atoms with Crippen molar-refractivity contribution < 1.29 is 20.0 Å². The van der Waals surface area contributed by atoms with Crippen molar-refractivity contribution in [3.63, 3.8) is 0 Å². The van der Waals surface area contributed by atoms with E-state index in [2.05, 4.69) is 18.7 Å². The second-order valence-electron chi connectivity index (χ2n) is 6.43. The normalized spacial score (nSPS) is 40.7. The Labute approximate surface area is 115 Å². The number of ether oxygens (including phenoxy) is 1. The highest BCUT2D eigenvalue weighted by Gasteiger charge is 2.40. The van der Waals surface area contributed by atoms with E-state index in [0.29, 0.717) is 24.2 Å². The fraction of sp³-hybridized carbons (Fsp3) is 0.867. The van der Waals surface area contributed by atoms with Crippen molar-refractivity contribution in [2.75, 3.05) is 6.61 Å². The Balaban J connectivity index is 2.24. The van der Waals surface area contributed by atoms with Crippen LogP contribution in [0.5, 0.6) is 0 Å². The molecular weight excluding hydrogens is 244 g/mol. The Hall–Kier alpha value is -0.580. The Morgan fingerprint density at radius 2 is 2.21 bits per heavy atom. The lowest BCUT2D eigenvalue weighted by Crippen LogP contribution is -2.31. The summed E-state index contributed by atoms with van der Waals surface area (Å²) in [5.74, 6) is 0.802. The molecule has 1 heterocycles. The molecule has 0 aromatic rings. The molecule has 2 aliphatic rings. The second kappa shape index (κ2) is 5.81. The molecule has 4 heteroatoms. The zero-order valence-electron chi connectivity index (χ0n) is 12.1. The highest BCUT2D eigenvalue weighted by molar-refractivity contribution is 5.15. The molecule has 1 aliphatic heterocycles. The third kappa shape index (κ3) is 2.96. The molecule has 2 N–H and O–H groups in total. The van der Waals surface area contributed by atoms with Gasteiger partial charge in [-0.2, -0.15) is 4.89 Å². The lowest BCUT2D eigenvalue weighted by molar-refractivity contribution is -0.387. The molecule has 0 spiro atoms. The first kappa shape index (κ1) is 14.8. The van der Waals surface area contributed by atoms with Gasteiger partial charge in [0.15, 0.2) is 0 Å². The third-order valence-electron chi connectivity index (χ3n) is 5.00. The fourth-order valence-corrected chi connectivity index (χ4v) is 3.52. The van der Waals surface area contributed by atoms with Gasteiger partial charge in [-0.25, -0.2) is 5.26 Å². The maximum absolute atomic E-state index is 9.43. The Bertz CT molecular complexity index is 341. The molecule has 0 aromatic heterocycles. The number of hydrogen-bond donors (Lipinski definition) is 2. The van der Waals surface area contributed by atoms with Gasteiger partial charge in [0.2, 0.25) is 5.79 Å². The van der Waals surface area contributed by atoms with Crippen LogP contribution in [-0.4, -0.2) is 22.8 Å². The number of rotatable bonds is 3. The molecule has 110 valence electrons. The van der Waals surface area contributed by atoms with Gasteiger partial charge in [-0.3, -0.25) is 0 Å². The van der Waals surface area contributed by atoms with Crippen LogP contribution < -0.4 is 0 Å². The molecule has 1 fully saturated rings. The van der Waals surface area contributed by atoms with Gasteiger partial charge in [0, 0.05) is 20.0 Å². The van der Waals surface area contributed by atoms with Crippen LogP contribution in [0.4, 0.5) is 0 Å². The minimum atomic E-state index is -0.933. The average Bonchev–Trinajstić information content (AvgIpc) is 2.60. The lowest BCUT2D eigenvalue weighted by Gasteiger charge is -2.38.